The van der Waals surface area contributed by atoms with Crippen LogP contribution in [-0.4, -0.2) is 43.3 Å². The number of benzene rings is 3. The van der Waals surface area contributed by atoms with Gasteiger partial charge in [-0.05, 0) is 104 Å². The molecule has 0 aromatic heterocycles. The molecule has 208 valence electrons. The third kappa shape index (κ3) is 8.33. The van der Waals surface area contributed by atoms with E-state index >= 15 is 0 Å². The molecular weight excluding hydrogens is 672 g/mol. The van der Waals surface area contributed by atoms with E-state index < -0.39 is 34.1 Å². The quantitative estimate of drug-likeness (QED) is 0.272. The molecule has 3 aromatic rings. The number of amides is 2. The average Bonchev–Trinajstić information content (AvgIpc) is 2.87. The molecule has 39 heavy (non-hydrogen) atoms. The predicted molar refractivity (Wildman–Crippen MR) is 165 cm³/mol. The Morgan fingerprint density at radius 3 is 2.13 bits per heavy atom. The normalized spacial score (nSPS) is 12.5. The number of hydrogen-bond donors (Lipinski definition) is 1. The molecule has 0 spiro atoms. The first kappa shape index (κ1) is 31.2. The maximum atomic E-state index is 13.9. The van der Waals surface area contributed by atoms with Gasteiger partial charge < -0.3 is 10.2 Å². The van der Waals surface area contributed by atoms with Crippen LogP contribution in [0.2, 0.25) is 10.0 Å². The van der Waals surface area contributed by atoms with Gasteiger partial charge in [-0.2, -0.15) is 0 Å². The Labute approximate surface area is 253 Å². The highest BCUT2D eigenvalue weighted by molar-refractivity contribution is 14.1. The highest BCUT2D eigenvalue weighted by atomic mass is 127. The highest BCUT2D eigenvalue weighted by Gasteiger charge is 2.33. The zero-order chi connectivity index (χ0) is 29.0. The zero-order valence-corrected chi connectivity index (χ0v) is 26.5. The molecule has 3 rings (SSSR count). The Morgan fingerprint density at radius 1 is 0.949 bits per heavy atom. The molecule has 7 nitrogen and oxygen atoms in total. The summed E-state index contributed by atoms with van der Waals surface area (Å²) < 4.78 is 29.5. The van der Waals surface area contributed by atoms with Crippen LogP contribution in [0.25, 0.3) is 0 Å². The molecular formula is C28H30Cl2IN3O4S. The van der Waals surface area contributed by atoms with Crippen molar-refractivity contribution < 1.29 is 18.0 Å². The molecule has 0 heterocycles. The predicted octanol–water partition coefficient (Wildman–Crippen LogP) is 6.13. The molecule has 1 atom stereocenters. The Balaban J connectivity index is 2.03. The van der Waals surface area contributed by atoms with Crippen molar-refractivity contribution in [1.29, 1.82) is 0 Å². The van der Waals surface area contributed by atoms with Gasteiger partial charge in [0, 0.05) is 15.7 Å². The molecule has 0 aliphatic rings. The van der Waals surface area contributed by atoms with Crippen molar-refractivity contribution in [3.8, 4) is 0 Å². The van der Waals surface area contributed by atoms with Crippen molar-refractivity contribution in [2.45, 2.75) is 50.7 Å². The first-order chi connectivity index (χ1) is 18.2. The second-order valence-corrected chi connectivity index (χ2v) is 13.9. The second kappa shape index (κ2) is 12.9. The lowest BCUT2D eigenvalue weighted by molar-refractivity contribution is -0.140. The van der Waals surface area contributed by atoms with Crippen LogP contribution in [0.4, 0.5) is 5.69 Å². The van der Waals surface area contributed by atoms with Crippen LogP contribution in [0.5, 0.6) is 0 Å². The molecule has 0 bridgehead atoms. The van der Waals surface area contributed by atoms with Gasteiger partial charge >= 0.3 is 0 Å². The first-order valence-corrected chi connectivity index (χ1v) is 15.4. The summed E-state index contributed by atoms with van der Waals surface area (Å²) in [6.45, 7) is 6.62. The number of halogens is 3. The number of anilines is 1. The van der Waals surface area contributed by atoms with E-state index in [9.17, 15) is 18.0 Å². The third-order valence-electron chi connectivity index (χ3n) is 5.73. The molecule has 3 aromatic carbocycles. The fraction of sp³-hybridized carbons (Fsp3) is 0.286. The molecule has 2 amide bonds. The van der Waals surface area contributed by atoms with Crippen molar-refractivity contribution in [3.63, 3.8) is 0 Å². The summed E-state index contributed by atoms with van der Waals surface area (Å²) in [4.78, 5) is 28.5. The number of sulfonamides is 1. The van der Waals surface area contributed by atoms with Crippen LogP contribution < -0.4 is 9.62 Å². The van der Waals surface area contributed by atoms with E-state index in [0.29, 0.717) is 21.3 Å². The van der Waals surface area contributed by atoms with Gasteiger partial charge in [-0.1, -0.05) is 47.5 Å². The minimum absolute atomic E-state index is 0.0143. The summed E-state index contributed by atoms with van der Waals surface area (Å²) in [6.07, 6.45) is 0. The first-order valence-electron chi connectivity index (χ1n) is 12.1. The Bertz CT molecular complexity index is 1430. The summed E-state index contributed by atoms with van der Waals surface area (Å²) in [7, 11) is -4.11. The SMILES string of the molecule is CC(C(=O)NC(C)(C)C)N(Cc1ccc(Cl)c(Cl)c1)C(=O)CN(c1ccc(I)cc1)S(=O)(=O)c1ccccc1. The standard InChI is InChI=1S/C28H30Cl2IN3O4S/c1-19(27(36)32-28(2,3)4)33(17-20-10-15-24(29)25(30)16-20)26(35)18-34(22-13-11-21(31)12-14-22)39(37,38)23-8-6-5-7-9-23/h5-16,19H,17-18H2,1-4H3,(H,32,36). The summed E-state index contributed by atoms with van der Waals surface area (Å²) >= 11 is 14.4. The van der Waals surface area contributed by atoms with Crippen LogP contribution in [0.15, 0.2) is 77.7 Å². The lowest BCUT2D eigenvalue weighted by atomic mass is 10.1. The smallest absolute Gasteiger partial charge is 0.264 e. The van der Waals surface area contributed by atoms with Crippen LogP contribution in [0.1, 0.15) is 33.3 Å². The van der Waals surface area contributed by atoms with Gasteiger partial charge in [-0.3, -0.25) is 13.9 Å². The fourth-order valence-corrected chi connectivity index (χ4v) is 5.86. The minimum Gasteiger partial charge on any atom is -0.350 e. The largest absolute Gasteiger partial charge is 0.350 e. The summed E-state index contributed by atoms with van der Waals surface area (Å²) in [5.41, 5.74) is 0.432. The zero-order valence-electron chi connectivity index (χ0n) is 22.0. The maximum absolute atomic E-state index is 13.9. The van der Waals surface area contributed by atoms with Crippen molar-refractivity contribution in [1.82, 2.24) is 10.2 Å². The van der Waals surface area contributed by atoms with Crippen molar-refractivity contribution in [2.75, 3.05) is 10.8 Å². The molecule has 1 N–H and O–H groups in total. The van der Waals surface area contributed by atoms with Crippen LogP contribution in [0, 0.1) is 3.57 Å². The molecule has 11 heteroatoms. The number of nitrogens with zero attached hydrogens (tertiary/aromatic N) is 2. The van der Waals surface area contributed by atoms with E-state index in [2.05, 4.69) is 27.9 Å². The topological polar surface area (TPSA) is 86.8 Å². The van der Waals surface area contributed by atoms with E-state index in [1.165, 1.54) is 17.0 Å². The van der Waals surface area contributed by atoms with E-state index in [-0.39, 0.29) is 17.3 Å². The van der Waals surface area contributed by atoms with Crippen molar-refractivity contribution in [3.05, 3.63) is 92.0 Å². The minimum atomic E-state index is -4.11. The lowest BCUT2D eigenvalue weighted by Gasteiger charge is -2.33. The second-order valence-electron chi connectivity index (χ2n) is 9.99. The molecule has 1 unspecified atom stereocenters. The van der Waals surface area contributed by atoms with Gasteiger partial charge in [0.2, 0.25) is 11.8 Å². The monoisotopic (exact) mass is 701 g/mol. The molecule has 0 saturated heterocycles. The van der Waals surface area contributed by atoms with Gasteiger partial charge in [0.05, 0.1) is 20.6 Å². The van der Waals surface area contributed by atoms with E-state index in [1.54, 1.807) is 67.6 Å². The molecule has 0 fully saturated rings. The number of nitrogens with one attached hydrogen (secondary N) is 1. The molecule has 0 aliphatic carbocycles. The van der Waals surface area contributed by atoms with E-state index in [1.807, 2.05) is 20.8 Å². The Kier molecular flexibility index (Phi) is 10.3. The number of carbonyl (C=O) groups is 2. The summed E-state index contributed by atoms with van der Waals surface area (Å²) in [6, 6.07) is 18.8. The Hall–Kier alpha value is -2.34. The third-order valence-corrected chi connectivity index (χ3v) is 8.97. The van der Waals surface area contributed by atoms with Crippen molar-refractivity contribution in [2.24, 2.45) is 0 Å². The fourth-order valence-electron chi connectivity index (χ4n) is 3.75. The molecule has 0 radical (unpaired) electrons. The van der Waals surface area contributed by atoms with Gasteiger partial charge in [0.1, 0.15) is 12.6 Å². The lowest BCUT2D eigenvalue weighted by Crippen LogP contribution is -2.54. The van der Waals surface area contributed by atoms with Crippen LogP contribution in [-0.2, 0) is 26.2 Å². The van der Waals surface area contributed by atoms with Crippen LogP contribution >= 0.6 is 45.8 Å². The number of hydrogen-bond acceptors (Lipinski definition) is 4. The van der Waals surface area contributed by atoms with Crippen molar-refractivity contribution >= 4 is 73.3 Å². The maximum Gasteiger partial charge on any atom is 0.264 e. The van der Waals surface area contributed by atoms with Gasteiger partial charge in [-0.25, -0.2) is 8.42 Å². The Morgan fingerprint density at radius 2 is 1.56 bits per heavy atom. The van der Waals surface area contributed by atoms with E-state index in [4.69, 9.17) is 23.2 Å². The van der Waals surface area contributed by atoms with Crippen LogP contribution in [0.3, 0.4) is 0 Å². The van der Waals surface area contributed by atoms with Gasteiger partial charge in [-0.15, -0.1) is 0 Å². The molecule has 0 aliphatic heterocycles. The van der Waals surface area contributed by atoms with Gasteiger partial charge in [0.25, 0.3) is 10.0 Å². The number of carbonyl (C=O) groups excluding carboxylic acids is 2. The number of rotatable bonds is 9. The van der Waals surface area contributed by atoms with E-state index in [0.717, 1.165) is 7.88 Å². The average molecular weight is 702 g/mol. The highest BCUT2D eigenvalue weighted by Crippen LogP contribution is 2.27. The molecule has 0 saturated carbocycles. The summed E-state index contributed by atoms with van der Waals surface area (Å²) in [5, 5.41) is 3.56. The van der Waals surface area contributed by atoms with Gasteiger partial charge in [0.15, 0.2) is 0 Å². The summed E-state index contributed by atoms with van der Waals surface area (Å²) in [5.74, 6) is -0.932.